The summed E-state index contributed by atoms with van der Waals surface area (Å²) in [5.41, 5.74) is -6.00. The van der Waals surface area contributed by atoms with E-state index in [1.807, 2.05) is 0 Å². The van der Waals surface area contributed by atoms with Gasteiger partial charge in [-0.05, 0) is 19.1 Å². The van der Waals surface area contributed by atoms with Crippen LogP contribution in [0.1, 0.15) is 17.3 Å². The van der Waals surface area contributed by atoms with E-state index in [0.29, 0.717) is 5.39 Å². The zero-order chi connectivity index (χ0) is 17.3. The quantitative estimate of drug-likeness (QED) is 0.479. The summed E-state index contributed by atoms with van der Waals surface area (Å²) in [5.74, 6) is -2.03. The van der Waals surface area contributed by atoms with E-state index in [2.05, 4.69) is 13.9 Å². The molecule has 0 aliphatic carbocycles. The highest BCUT2D eigenvalue weighted by atomic mass is 32.2. The maximum atomic E-state index is 12.5. The number of benzene rings is 1. The molecule has 0 fully saturated rings. The van der Waals surface area contributed by atoms with E-state index < -0.39 is 33.0 Å². The monoisotopic (exact) mass is 349 g/mol. The average Bonchev–Trinajstić information content (AvgIpc) is 2.45. The van der Waals surface area contributed by atoms with Crippen molar-refractivity contribution in [1.29, 1.82) is 0 Å². The molecule has 6 nitrogen and oxygen atoms in total. The molecule has 23 heavy (non-hydrogen) atoms. The Balaban J connectivity index is 2.60. The minimum Gasteiger partial charge on any atom is -0.462 e. The highest BCUT2D eigenvalue weighted by Crippen LogP contribution is 2.30. The highest BCUT2D eigenvalue weighted by Gasteiger charge is 2.49. The van der Waals surface area contributed by atoms with Crippen LogP contribution in [-0.4, -0.2) is 31.5 Å². The minimum absolute atomic E-state index is 0.0584. The first-order chi connectivity index (χ1) is 10.7. The molecule has 0 atom stereocenters. The van der Waals surface area contributed by atoms with Crippen molar-refractivity contribution in [2.45, 2.75) is 12.4 Å². The molecule has 2 rings (SSSR count). The lowest BCUT2D eigenvalue weighted by Crippen LogP contribution is -2.29. The molecule has 0 saturated carbocycles. The van der Waals surface area contributed by atoms with E-state index in [0.717, 1.165) is 6.07 Å². The Kier molecular flexibility index (Phi) is 4.46. The molecule has 2 aromatic rings. The number of esters is 1. The van der Waals surface area contributed by atoms with Gasteiger partial charge in [-0.2, -0.15) is 21.6 Å². The topological polar surface area (TPSA) is 82.6 Å². The molecular formula is C13H10F3NO5S. The number of nitrogens with zero attached hydrogens (tertiary/aromatic N) is 1. The smallest absolute Gasteiger partial charge is 0.462 e. The van der Waals surface area contributed by atoms with Gasteiger partial charge in [-0.25, -0.2) is 9.78 Å². The Morgan fingerprint density at radius 3 is 2.52 bits per heavy atom. The van der Waals surface area contributed by atoms with Crippen LogP contribution >= 0.6 is 0 Å². The minimum atomic E-state index is -5.96. The first kappa shape index (κ1) is 17.0. The number of para-hydroxylation sites is 1. The molecule has 0 bridgehead atoms. The molecule has 1 heterocycles. The van der Waals surface area contributed by atoms with Crippen LogP contribution in [0, 0.1) is 0 Å². The van der Waals surface area contributed by atoms with E-state index in [9.17, 15) is 26.4 Å². The fourth-order valence-corrected chi connectivity index (χ4v) is 2.10. The SMILES string of the molecule is CCOC(=O)c1cc2ccccc2nc1OS(=O)(=O)C(F)(F)F. The Morgan fingerprint density at radius 1 is 1.26 bits per heavy atom. The number of hydrogen-bond acceptors (Lipinski definition) is 6. The van der Waals surface area contributed by atoms with Crippen LogP contribution in [-0.2, 0) is 14.9 Å². The average molecular weight is 349 g/mol. The van der Waals surface area contributed by atoms with Gasteiger partial charge in [0.25, 0.3) is 0 Å². The highest BCUT2D eigenvalue weighted by molar-refractivity contribution is 7.88. The molecule has 0 aliphatic rings. The summed E-state index contributed by atoms with van der Waals surface area (Å²) in [6, 6.07) is 7.29. The second kappa shape index (κ2) is 6.03. The summed E-state index contributed by atoms with van der Waals surface area (Å²) in [5, 5.41) is 0.410. The Hall–Kier alpha value is -2.36. The second-order valence-electron chi connectivity index (χ2n) is 4.24. The van der Waals surface area contributed by atoms with Crippen molar-refractivity contribution in [1.82, 2.24) is 4.98 Å². The lowest BCUT2D eigenvalue weighted by Gasteiger charge is -2.12. The number of hydrogen-bond donors (Lipinski definition) is 0. The van der Waals surface area contributed by atoms with Crippen LogP contribution in [0.3, 0.4) is 0 Å². The van der Waals surface area contributed by atoms with E-state index in [1.165, 1.54) is 13.0 Å². The lowest BCUT2D eigenvalue weighted by atomic mass is 10.1. The van der Waals surface area contributed by atoms with Crippen LogP contribution in [0.15, 0.2) is 30.3 Å². The molecule has 0 saturated heterocycles. The summed E-state index contributed by atoms with van der Waals surface area (Å²) in [7, 11) is -5.96. The van der Waals surface area contributed by atoms with Gasteiger partial charge in [0, 0.05) is 5.39 Å². The zero-order valence-electron chi connectivity index (χ0n) is 11.6. The standard InChI is InChI=1S/C13H10F3NO5S/c1-2-21-12(18)9-7-8-5-3-4-6-10(8)17-11(9)22-23(19,20)13(14,15)16/h3-7H,2H2,1H3. The molecule has 1 aromatic heterocycles. The Morgan fingerprint density at radius 2 is 1.91 bits per heavy atom. The van der Waals surface area contributed by atoms with Gasteiger partial charge in [-0.15, -0.1) is 0 Å². The van der Waals surface area contributed by atoms with Crippen molar-refractivity contribution in [3.05, 3.63) is 35.9 Å². The first-order valence-corrected chi connectivity index (χ1v) is 7.64. The van der Waals surface area contributed by atoms with Gasteiger partial charge in [0.15, 0.2) is 0 Å². The van der Waals surface area contributed by atoms with Crippen molar-refractivity contribution < 1.29 is 35.3 Å². The van der Waals surface area contributed by atoms with Crippen LogP contribution in [0.25, 0.3) is 10.9 Å². The van der Waals surface area contributed by atoms with Crippen LogP contribution < -0.4 is 4.18 Å². The summed E-state index contributed by atoms with van der Waals surface area (Å²) >= 11 is 0. The van der Waals surface area contributed by atoms with Crippen LogP contribution in [0.5, 0.6) is 5.88 Å². The molecule has 0 aliphatic heterocycles. The maximum absolute atomic E-state index is 12.5. The maximum Gasteiger partial charge on any atom is 0.534 e. The third-order valence-electron chi connectivity index (χ3n) is 2.66. The first-order valence-electron chi connectivity index (χ1n) is 6.23. The number of aromatic nitrogens is 1. The summed E-state index contributed by atoms with van der Waals surface area (Å²) in [6.07, 6.45) is 0. The van der Waals surface area contributed by atoms with Crippen molar-refractivity contribution >= 4 is 27.0 Å². The molecule has 0 spiro atoms. The van der Waals surface area contributed by atoms with Gasteiger partial charge >= 0.3 is 21.6 Å². The van der Waals surface area contributed by atoms with Crippen molar-refractivity contribution in [2.75, 3.05) is 6.61 Å². The summed E-state index contributed by atoms with van der Waals surface area (Å²) in [4.78, 5) is 15.5. The van der Waals surface area contributed by atoms with Gasteiger partial charge in [-0.1, -0.05) is 18.2 Å². The molecule has 0 unspecified atom stereocenters. The van der Waals surface area contributed by atoms with Crippen molar-refractivity contribution in [3.8, 4) is 5.88 Å². The van der Waals surface area contributed by atoms with Gasteiger partial charge in [-0.3, -0.25) is 0 Å². The molecule has 0 N–H and O–H groups in total. The number of halogens is 3. The molecule has 124 valence electrons. The van der Waals surface area contributed by atoms with Crippen molar-refractivity contribution in [2.24, 2.45) is 0 Å². The van der Waals surface area contributed by atoms with E-state index in [4.69, 9.17) is 0 Å². The molecule has 10 heteroatoms. The van der Waals surface area contributed by atoms with Gasteiger partial charge < -0.3 is 8.92 Å². The number of alkyl halides is 3. The number of pyridine rings is 1. The van der Waals surface area contributed by atoms with E-state index in [-0.39, 0.29) is 12.1 Å². The Bertz CT molecular complexity index is 848. The predicted octanol–water partition coefficient (Wildman–Crippen LogP) is 2.64. The van der Waals surface area contributed by atoms with Crippen LogP contribution in [0.2, 0.25) is 0 Å². The Labute approximate surface area is 129 Å². The number of rotatable bonds is 4. The third-order valence-corrected chi connectivity index (χ3v) is 3.60. The van der Waals surface area contributed by atoms with E-state index >= 15 is 0 Å². The normalized spacial score (nSPS) is 12.2. The molecule has 0 amide bonds. The number of ether oxygens (including phenoxy) is 1. The third kappa shape index (κ3) is 3.52. The zero-order valence-corrected chi connectivity index (χ0v) is 12.4. The predicted molar refractivity (Wildman–Crippen MR) is 73.3 cm³/mol. The number of carbonyl (C=O) groups is 1. The molecular weight excluding hydrogens is 339 g/mol. The summed E-state index contributed by atoms with van der Waals surface area (Å²) < 4.78 is 68.4. The molecule has 1 aromatic carbocycles. The fourth-order valence-electron chi connectivity index (χ4n) is 1.67. The lowest BCUT2D eigenvalue weighted by molar-refractivity contribution is -0.0501. The van der Waals surface area contributed by atoms with Gasteiger partial charge in [0.1, 0.15) is 5.56 Å². The second-order valence-corrected chi connectivity index (χ2v) is 5.78. The van der Waals surface area contributed by atoms with Gasteiger partial charge in [0.05, 0.1) is 12.1 Å². The summed E-state index contributed by atoms with van der Waals surface area (Å²) in [6.45, 7) is 1.43. The van der Waals surface area contributed by atoms with E-state index in [1.54, 1.807) is 18.2 Å². The van der Waals surface area contributed by atoms with Crippen molar-refractivity contribution in [3.63, 3.8) is 0 Å². The number of carbonyl (C=O) groups excluding carboxylic acids is 1. The fraction of sp³-hybridized carbons (Fsp3) is 0.231. The molecule has 0 radical (unpaired) electrons. The largest absolute Gasteiger partial charge is 0.534 e. The van der Waals surface area contributed by atoms with Gasteiger partial charge in [0.2, 0.25) is 5.88 Å². The van der Waals surface area contributed by atoms with Crippen LogP contribution in [0.4, 0.5) is 13.2 Å². The number of fused-ring (bicyclic) bond motifs is 1.